The molecule has 0 heterocycles. The van der Waals surface area contributed by atoms with Crippen molar-refractivity contribution in [2.24, 2.45) is 5.10 Å². The van der Waals surface area contributed by atoms with E-state index in [1.165, 1.54) is 18.4 Å². The Kier molecular flexibility index (Phi) is 13.3. The highest BCUT2D eigenvalue weighted by Gasteiger charge is 2.34. The molecule has 1 amide bonds. The Balaban J connectivity index is 0.00000334. The highest BCUT2D eigenvalue weighted by atomic mass is 19.4. The minimum Gasteiger partial charge on any atom is -0.497 e. The number of hydrazone groups is 1. The number of ether oxygens (including phenoxy) is 1. The number of carbonyl (C=O) groups is 1. The van der Waals surface area contributed by atoms with Crippen LogP contribution in [0.5, 0.6) is 0 Å². The molecule has 2 rings (SSSR count). The second kappa shape index (κ2) is 15.9. The van der Waals surface area contributed by atoms with Gasteiger partial charge in [-0.15, -0.1) is 12.8 Å². The maximum absolute atomic E-state index is 13.7. The molecule has 1 aromatic rings. The Hall–Kier alpha value is -3.99. The van der Waals surface area contributed by atoms with Crippen LogP contribution >= 0.6 is 0 Å². The summed E-state index contributed by atoms with van der Waals surface area (Å²) in [4.78, 5) is 12.4. The smallest absolute Gasteiger partial charge is 0.435 e. The van der Waals surface area contributed by atoms with E-state index in [0.717, 1.165) is 40.8 Å². The van der Waals surface area contributed by atoms with E-state index in [9.17, 15) is 18.0 Å². The van der Waals surface area contributed by atoms with Gasteiger partial charge < -0.3 is 10.1 Å². The number of para-hydroxylation sites is 1. The zero-order valence-corrected chi connectivity index (χ0v) is 21.7. The summed E-state index contributed by atoms with van der Waals surface area (Å²) in [5.74, 6) is 0.486. The molecule has 0 unspecified atom stereocenters. The SMILES string of the molecule is C#C.C/C=C(C)/C=C/C(=N\N(/C=C\CC(=O)NCC1=C(OC)C=CCC1)c1ccccc1C)C(F)(F)F. The Bertz CT molecular complexity index is 1110. The third-order valence-electron chi connectivity index (χ3n) is 5.33. The van der Waals surface area contributed by atoms with Gasteiger partial charge in [0.1, 0.15) is 5.76 Å². The normalized spacial score (nSPS) is 14.5. The summed E-state index contributed by atoms with van der Waals surface area (Å²) in [5.41, 5.74) is 1.84. The molecule has 0 aliphatic heterocycles. The first-order chi connectivity index (χ1) is 17.7. The molecule has 1 aromatic carbocycles. The van der Waals surface area contributed by atoms with Crippen LogP contribution in [0, 0.1) is 19.8 Å². The lowest BCUT2D eigenvalue weighted by Crippen LogP contribution is -2.26. The van der Waals surface area contributed by atoms with Crippen LogP contribution in [0.2, 0.25) is 0 Å². The first kappa shape index (κ1) is 31.0. The maximum atomic E-state index is 13.7. The van der Waals surface area contributed by atoms with Crippen LogP contribution in [-0.2, 0) is 9.53 Å². The van der Waals surface area contributed by atoms with Gasteiger partial charge in [-0.3, -0.25) is 4.79 Å². The predicted octanol–water partition coefficient (Wildman–Crippen LogP) is 6.76. The van der Waals surface area contributed by atoms with Crippen LogP contribution in [0.4, 0.5) is 18.9 Å². The topological polar surface area (TPSA) is 53.9 Å². The summed E-state index contributed by atoms with van der Waals surface area (Å²) < 4.78 is 46.4. The molecule has 1 N–H and O–H groups in total. The number of methoxy groups -OCH3 is 1. The number of allylic oxidation sites excluding steroid dienone is 6. The van der Waals surface area contributed by atoms with Crippen molar-refractivity contribution >= 4 is 17.3 Å². The molecular formula is C29H34F3N3O2. The van der Waals surface area contributed by atoms with Crippen LogP contribution in [0.15, 0.2) is 88.9 Å². The van der Waals surface area contributed by atoms with Gasteiger partial charge in [-0.25, -0.2) is 5.01 Å². The average Bonchev–Trinajstić information content (AvgIpc) is 2.89. The molecule has 0 radical (unpaired) electrons. The Morgan fingerprint density at radius 1 is 1.24 bits per heavy atom. The van der Waals surface area contributed by atoms with E-state index in [1.54, 1.807) is 58.2 Å². The summed E-state index contributed by atoms with van der Waals surface area (Å²) in [6.07, 6.45) is 15.8. The largest absolute Gasteiger partial charge is 0.497 e. The second-order valence-electron chi connectivity index (χ2n) is 7.96. The molecule has 0 saturated carbocycles. The number of hydrogen-bond donors (Lipinski definition) is 1. The van der Waals surface area contributed by atoms with Gasteiger partial charge >= 0.3 is 6.18 Å². The molecule has 37 heavy (non-hydrogen) atoms. The quantitative estimate of drug-likeness (QED) is 0.163. The number of terminal acetylenes is 1. The highest BCUT2D eigenvalue weighted by Crippen LogP contribution is 2.25. The predicted molar refractivity (Wildman–Crippen MR) is 145 cm³/mol. The van der Waals surface area contributed by atoms with E-state index >= 15 is 0 Å². The van der Waals surface area contributed by atoms with Gasteiger partial charge in [0.2, 0.25) is 5.91 Å². The third kappa shape index (κ3) is 10.7. The van der Waals surface area contributed by atoms with E-state index in [2.05, 4.69) is 23.3 Å². The standard InChI is InChI=1S/C27H32F3N3O2.C2H2/c1-5-20(2)16-17-25(27(28,29)30)32-33(23-13-8-6-11-21(23)3)18-10-15-26(34)31-19-22-12-7-9-14-24(22)35-4;1-2/h5-6,8-11,13-14,16-18H,7,12,15,19H2,1-4H3,(H,31,34);1-2H/b17-16+,18-10-,20-5+,32-25+;. The molecule has 0 bridgehead atoms. The van der Waals surface area contributed by atoms with Crippen LogP contribution in [0.1, 0.15) is 38.7 Å². The van der Waals surface area contributed by atoms with Crippen molar-refractivity contribution in [2.45, 2.75) is 46.2 Å². The average molecular weight is 514 g/mol. The Labute approximate surface area is 217 Å². The molecule has 0 atom stereocenters. The van der Waals surface area contributed by atoms with Crippen molar-refractivity contribution < 1.29 is 22.7 Å². The fourth-order valence-corrected chi connectivity index (χ4v) is 3.21. The van der Waals surface area contributed by atoms with Gasteiger partial charge in [0, 0.05) is 19.2 Å². The number of carbonyl (C=O) groups excluding carboxylic acids is 1. The van der Waals surface area contributed by atoms with Gasteiger partial charge in [0.15, 0.2) is 5.71 Å². The summed E-state index contributed by atoms with van der Waals surface area (Å²) >= 11 is 0. The number of alkyl halides is 3. The lowest BCUT2D eigenvalue weighted by atomic mass is 10.0. The van der Waals surface area contributed by atoms with E-state index in [4.69, 9.17) is 4.74 Å². The molecule has 198 valence electrons. The zero-order chi connectivity index (χ0) is 27.8. The van der Waals surface area contributed by atoms with Crippen LogP contribution in [-0.4, -0.2) is 31.4 Å². The van der Waals surface area contributed by atoms with Crippen LogP contribution < -0.4 is 10.3 Å². The molecule has 0 saturated heterocycles. The monoisotopic (exact) mass is 513 g/mol. The number of benzene rings is 1. The van der Waals surface area contributed by atoms with Crippen LogP contribution in [0.25, 0.3) is 0 Å². The summed E-state index contributed by atoms with van der Waals surface area (Å²) in [6.45, 7) is 5.59. The summed E-state index contributed by atoms with van der Waals surface area (Å²) in [5, 5.41) is 7.87. The van der Waals surface area contributed by atoms with Gasteiger partial charge in [0.05, 0.1) is 12.8 Å². The maximum Gasteiger partial charge on any atom is 0.435 e. The van der Waals surface area contributed by atoms with Crippen molar-refractivity contribution in [3.63, 3.8) is 0 Å². The molecule has 0 spiro atoms. The number of halogens is 3. The number of rotatable bonds is 10. The van der Waals surface area contributed by atoms with Crippen molar-refractivity contribution in [1.29, 1.82) is 0 Å². The second-order valence-corrected chi connectivity index (χ2v) is 7.96. The Morgan fingerprint density at radius 2 is 1.95 bits per heavy atom. The number of aryl methyl sites for hydroxylation is 1. The van der Waals surface area contributed by atoms with Crippen molar-refractivity contribution in [3.05, 3.63) is 89.4 Å². The van der Waals surface area contributed by atoms with Crippen molar-refractivity contribution in [3.8, 4) is 12.8 Å². The van der Waals surface area contributed by atoms with E-state index in [-0.39, 0.29) is 12.3 Å². The first-order valence-electron chi connectivity index (χ1n) is 11.7. The van der Waals surface area contributed by atoms with Crippen LogP contribution in [0.3, 0.4) is 0 Å². The molecular weight excluding hydrogens is 479 g/mol. The Morgan fingerprint density at radius 3 is 2.57 bits per heavy atom. The molecule has 5 nitrogen and oxygen atoms in total. The van der Waals surface area contributed by atoms with Crippen molar-refractivity contribution in [1.82, 2.24) is 5.32 Å². The lowest BCUT2D eigenvalue weighted by molar-refractivity contribution is -0.120. The van der Waals surface area contributed by atoms with E-state index < -0.39 is 11.9 Å². The molecule has 8 heteroatoms. The fourth-order valence-electron chi connectivity index (χ4n) is 3.21. The van der Waals surface area contributed by atoms with Gasteiger partial charge in [0.25, 0.3) is 0 Å². The zero-order valence-electron chi connectivity index (χ0n) is 21.7. The molecule has 1 aliphatic rings. The number of hydrogen-bond acceptors (Lipinski definition) is 4. The fraction of sp³-hybridized carbons (Fsp3) is 0.310. The van der Waals surface area contributed by atoms with Gasteiger partial charge in [-0.2, -0.15) is 18.3 Å². The van der Waals surface area contributed by atoms with Crippen molar-refractivity contribution in [2.75, 3.05) is 18.7 Å². The number of amides is 1. The highest BCUT2D eigenvalue weighted by molar-refractivity contribution is 6.00. The number of nitrogens with zero attached hydrogens (tertiary/aromatic N) is 2. The minimum atomic E-state index is -4.65. The molecule has 0 aromatic heterocycles. The third-order valence-corrected chi connectivity index (χ3v) is 5.33. The number of nitrogens with one attached hydrogen (secondary N) is 1. The van der Waals surface area contributed by atoms with Gasteiger partial charge in [-0.05, 0) is 63.0 Å². The molecule has 1 aliphatic carbocycles. The minimum absolute atomic E-state index is 0.0157. The van der Waals surface area contributed by atoms with E-state index in [0.29, 0.717) is 17.8 Å². The molecule has 0 fully saturated rings. The first-order valence-corrected chi connectivity index (χ1v) is 11.7. The van der Waals surface area contributed by atoms with Gasteiger partial charge in [-0.1, -0.05) is 48.1 Å². The number of anilines is 1. The summed E-state index contributed by atoms with van der Waals surface area (Å²) in [6, 6.07) is 6.97. The van der Waals surface area contributed by atoms with E-state index in [1.807, 2.05) is 12.2 Å². The lowest BCUT2D eigenvalue weighted by Gasteiger charge is -2.19. The summed E-state index contributed by atoms with van der Waals surface area (Å²) in [7, 11) is 1.58.